The van der Waals surface area contributed by atoms with Crippen molar-refractivity contribution in [2.45, 2.75) is 44.4 Å². The van der Waals surface area contributed by atoms with Crippen LogP contribution in [0.25, 0.3) is 0 Å². The highest BCUT2D eigenvalue weighted by Gasteiger charge is 2.24. The molecule has 0 aromatic heterocycles. The fraction of sp³-hybridized carbons (Fsp3) is 0.533. The van der Waals surface area contributed by atoms with Crippen LogP contribution >= 0.6 is 0 Å². The average molecular weight is 278 g/mol. The number of benzene rings is 1. The van der Waals surface area contributed by atoms with Crippen LogP contribution < -0.4 is 15.8 Å². The summed E-state index contributed by atoms with van der Waals surface area (Å²) in [7, 11) is 0. The molecule has 1 saturated carbocycles. The Morgan fingerprint density at radius 1 is 1.35 bits per heavy atom. The summed E-state index contributed by atoms with van der Waals surface area (Å²) in [6, 6.07) is 7.25. The number of ether oxygens (including phenoxy) is 1. The van der Waals surface area contributed by atoms with Crippen LogP contribution in [0.4, 0.5) is 0 Å². The first-order valence-electron chi connectivity index (χ1n) is 7.09. The van der Waals surface area contributed by atoms with Gasteiger partial charge < -0.3 is 20.9 Å². The molecule has 0 unspecified atom stereocenters. The van der Waals surface area contributed by atoms with Crippen LogP contribution in [-0.2, 0) is 11.3 Å². The number of aliphatic hydroxyl groups is 1. The molecule has 2 atom stereocenters. The van der Waals surface area contributed by atoms with E-state index in [1.54, 1.807) is 6.07 Å². The monoisotopic (exact) mass is 278 g/mol. The Kier molecular flexibility index (Phi) is 5.38. The van der Waals surface area contributed by atoms with Crippen molar-refractivity contribution >= 4 is 5.91 Å². The van der Waals surface area contributed by atoms with Gasteiger partial charge in [-0.1, -0.05) is 31.0 Å². The lowest BCUT2D eigenvalue weighted by molar-refractivity contribution is -0.125. The van der Waals surface area contributed by atoms with E-state index in [2.05, 4.69) is 5.32 Å². The number of amides is 1. The summed E-state index contributed by atoms with van der Waals surface area (Å²) in [4.78, 5) is 11.9. The SMILES string of the molecule is NCc1ccccc1OCC(=O)N[C@H]1CCCC[C@@H]1O. The normalized spacial score (nSPS) is 22.3. The number of hydrogen-bond acceptors (Lipinski definition) is 4. The van der Waals surface area contributed by atoms with E-state index in [4.69, 9.17) is 10.5 Å². The molecule has 0 bridgehead atoms. The Hall–Kier alpha value is -1.59. The van der Waals surface area contributed by atoms with Gasteiger partial charge in [0.2, 0.25) is 0 Å². The van der Waals surface area contributed by atoms with Gasteiger partial charge in [0.05, 0.1) is 12.1 Å². The van der Waals surface area contributed by atoms with Gasteiger partial charge in [0.1, 0.15) is 5.75 Å². The van der Waals surface area contributed by atoms with Crippen LogP contribution in [0.5, 0.6) is 5.75 Å². The maximum absolute atomic E-state index is 11.9. The van der Waals surface area contributed by atoms with Crippen molar-refractivity contribution in [2.24, 2.45) is 5.73 Å². The molecule has 20 heavy (non-hydrogen) atoms. The summed E-state index contributed by atoms with van der Waals surface area (Å²) in [5.41, 5.74) is 6.48. The molecule has 0 heterocycles. The molecule has 1 aromatic rings. The number of para-hydroxylation sites is 1. The Morgan fingerprint density at radius 3 is 2.85 bits per heavy atom. The minimum Gasteiger partial charge on any atom is -0.483 e. The molecule has 1 aromatic carbocycles. The van der Waals surface area contributed by atoms with Gasteiger partial charge in [-0.05, 0) is 18.9 Å². The standard InChI is InChI=1S/C15H22N2O3/c16-9-11-5-1-4-8-14(11)20-10-15(19)17-12-6-2-3-7-13(12)18/h1,4-5,8,12-13,18H,2-3,6-7,9-10,16H2,(H,17,19)/t12-,13-/m0/s1. The van der Waals surface area contributed by atoms with Gasteiger partial charge >= 0.3 is 0 Å². The van der Waals surface area contributed by atoms with Crippen LogP contribution in [0.3, 0.4) is 0 Å². The highest BCUT2D eigenvalue weighted by Crippen LogP contribution is 2.19. The lowest BCUT2D eigenvalue weighted by Crippen LogP contribution is -2.46. The van der Waals surface area contributed by atoms with Crippen molar-refractivity contribution in [2.75, 3.05) is 6.61 Å². The van der Waals surface area contributed by atoms with Crippen LogP contribution in [0.2, 0.25) is 0 Å². The predicted octanol–water partition coefficient (Wildman–Crippen LogP) is 0.944. The molecule has 2 rings (SSSR count). The number of carbonyl (C=O) groups excluding carboxylic acids is 1. The van der Waals surface area contributed by atoms with Crippen LogP contribution in [-0.4, -0.2) is 29.8 Å². The third kappa shape index (κ3) is 3.95. The van der Waals surface area contributed by atoms with Crippen molar-refractivity contribution in [1.29, 1.82) is 0 Å². The molecule has 1 fully saturated rings. The highest BCUT2D eigenvalue weighted by atomic mass is 16.5. The van der Waals surface area contributed by atoms with E-state index in [9.17, 15) is 9.90 Å². The number of aliphatic hydroxyl groups excluding tert-OH is 1. The topological polar surface area (TPSA) is 84.6 Å². The molecule has 1 aliphatic carbocycles. The largest absolute Gasteiger partial charge is 0.483 e. The summed E-state index contributed by atoms with van der Waals surface area (Å²) < 4.78 is 5.49. The molecule has 1 aliphatic rings. The summed E-state index contributed by atoms with van der Waals surface area (Å²) in [5.74, 6) is 0.428. The van der Waals surface area contributed by atoms with Crippen molar-refractivity contribution in [3.63, 3.8) is 0 Å². The van der Waals surface area contributed by atoms with Crippen molar-refractivity contribution in [3.05, 3.63) is 29.8 Å². The van der Waals surface area contributed by atoms with E-state index in [-0.39, 0.29) is 18.6 Å². The molecule has 0 saturated heterocycles. The maximum atomic E-state index is 11.9. The van der Waals surface area contributed by atoms with E-state index in [1.165, 1.54) is 0 Å². The van der Waals surface area contributed by atoms with Crippen molar-refractivity contribution in [3.8, 4) is 5.75 Å². The second-order valence-corrected chi connectivity index (χ2v) is 5.13. The zero-order chi connectivity index (χ0) is 14.4. The first-order chi connectivity index (χ1) is 9.70. The molecule has 5 heteroatoms. The zero-order valence-electron chi connectivity index (χ0n) is 11.5. The molecule has 0 spiro atoms. The van der Waals surface area contributed by atoms with Gasteiger partial charge in [0.25, 0.3) is 5.91 Å². The number of rotatable bonds is 5. The van der Waals surface area contributed by atoms with Gasteiger partial charge in [-0.2, -0.15) is 0 Å². The van der Waals surface area contributed by atoms with Crippen LogP contribution in [0.15, 0.2) is 24.3 Å². The Balaban J connectivity index is 1.82. The summed E-state index contributed by atoms with van der Waals surface area (Å²) in [6.07, 6.45) is 3.20. The molecule has 4 N–H and O–H groups in total. The molecule has 5 nitrogen and oxygen atoms in total. The maximum Gasteiger partial charge on any atom is 0.258 e. The Labute approximate surface area is 119 Å². The first kappa shape index (κ1) is 14.8. The minimum atomic E-state index is -0.441. The van der Waals surface area contributed by atoms with Crippen LogP contribution in [0, 0.1) is 0 Å². The van der Waals surface area contributed by atoms with Crippen LogP contribution in [0.1, 0.15) is 31.2 Å². The minimum absolute atomic E-state index is 0.0553. The van der Waals surface area contributed by atoms with Crippen molar-refractivity contribution < 1.29 is 14.6 Å². The zero-order valence-corrected chi connectivity index (χ0v) is 11.5. The lowest BCUT2D eigenvalue weighted by Gasteiger charge is -2.28. The number of nitrogens with two attached hydrogens (primary N) is 1. The fourth-order valence-corrected chi connectivity index (χ4v) is 2.48. The van der Waals surface area contributed by atoms with E-state index in [0.29, 0.717) is 12.3 Å². The third-order valence-corrected chi connectivity index (χ3v) is 3.63. The third-order valence-electron chi connectivity index (χ3n) is 3.63. The Morgan fingerprint density at radius 2 is 2.10 bits per heavy atom. The van der Waals surface area contributed by atoms with E-state index < -0.39 is 6.10 Å². The summed E-state index contributed by atoms with van der Waals surface area (Å²) in [5, 5.41) is 12.6. The molecule has 0 aliphatic heterocycles. The second kappa shape index (κ2) is 7.26. The first-order valence-corrected chi connectivity index (χ1v) is 7.09. The number of carbonyl (C=O) groups is 1. The quantitative estimate of drug-likeness (QED) is 0.748. The van der Waals surface area contributed by atoms with Gasteiger partial charge in [-0.3, -0.25) is 4.79 Å². The van der Waals surface area contributed by atoms with Crippen molar-refractivity contribution in [1.82, 2.24) is 5.32 Å². The van der Waals surface area contributed by atoms with Gasteiger partial charge in [-0.25, -0.2) is 0 Å². The summed E-state index contributed by atoms with van der Waals surface area (Å²) in [6.45, 7) is 0.319. The predicted molar refractivity (Wildman–Crippen MR) is 76.2 cm³/mol. The molecule has 0 radical (unpaired) electrons. The molecule has 110 valence electrons. The van der Waals surface area contributed by atoms with Gasteiger partial charge in [0, 0.05) is 12.1 Å². The number of nitrogens with one attached hydrogen (secondary N) is 1. The van der Waals surface area contributed by atoms with Gasteiger partial charge in [0.15, 0.2) is 6.61 Å². The highest BCUT2D eigenvalue weighted by molar-refractivity contribution is 5.78. The van der Waals surface area contributed by atoms with Gasteiger partial charge in [-0.15, -0.1) is 0 Å². The number of hydrogen-bond donors (Lipinski definition) is 3. The second-order valence-electron chi connectivity index (χ2n) is 5.13. The smallest absolute Gasteiger partial charge is 0.258 e. The summed E-state index contributed by atoms with van der Waals surface area (Å²) >= 11 is 0. The van der Waals surface area contributed by atoms with E-state index in [1.807, 2.05) is 18.2 Å². The van der Waals surface area contributed by atoms with E-state index in [0.717, 1.165) is 31.2 Å². The van der Waals surface area contributed by atoms with E-state index >= 15 is 0 Å². The molecular weight excluding hydrogens is 256 g/mol. The Bertz CT molecular complexity index is 450. The lowest BCUT2D eigenvalue weighted by atomic mass is 9.92. The molecular formula is C15H22N2O3. The molecule has 1 amide bonds. The fourth-order valence-electron chi connectivity index (χ4n) is 2.48. The average Bonchev–Trinajstić information content (AvgIpc) is 2.48.